The van der Waals surface area contributed by atoms with Crippen LogP contribution in [0.2, 0.25) is 0 Å². The quantitative estimate of drug-likeness (QED) is 0.261. The molecule has 1 aliphatic rings. The Morgan fingerprint density at radius 1 is 0.977 bits per heavy atom. The third kappa shape index (κ3) is 5.46. The first-order valence-electron chi connectivity index (χ1n) is 14.2. The van der Waals surface area contributed by atoms with E-state index in [1.165, 1.54) is 13.2 Å². The summed E-state index contributed by atoms with van der Waals surface area (Å²) in [6.07, 6.45) is 1.88. The van der Waals surface area contributed by atoms with Gasteiger partial charge < -0.3 is 19.1 Å². The van der Waals surface area contributed by atoms with Crippen LogP contribution in [-0.4, -0.2) is 63.6 Å². The average molecular weight is 590 g/mol. The van der Waals surface area contributed by atoms with Crippen LogP contribution in [0.15, 0.2) is 42.6 Å². The number of aryl methyl sites for hydroxylation is 2. The maximum Gasteiger partial charge on any atom is 0.339 e. The molecule has 3 aromatic heterocycles. The lowest BCUT2D eigenvalue weighted by molar-refractivity contribution is 0.0506. The minimum absolute atomic E-state index is 0.191. The second-order valence-electron chi connectivity index (χ2n) is 12.7. The van der Waals surface area contributed by atoms with Crippen LogP contribution in [0.3, 0.4) is 0 Å². The van der Waals surface area contributed by atoms with Crippen molar-refractivity contribution in [1.29, 1.82) is 0 Å². The lowest BCUT2D eigenvalue weighted by Crippen LogP contribution is -2.61. The molecule has 0 N–H and O–H groups in total. The molecule has 8 nitrogen and oxygen atoms in total. The summed E-state index contributed by atoms with van der Waals surface area (Å²) in [5.41, 5.74) is 3.04. The molecule has 5 rings (SSSR count). The Balaban J connectivity index is 1.46. The Kier molecular flexibility index (Phi) is 7.52. The maximum atomic E-state index is 14.1. The number of ether oxygens (including phenoxy) is 1. The van der Waals surface area contributed by atoms with Gasteiger partial charge in [0, 0.05) is 42.3 Å². The summed E-state index contributed by atoms with van der Waals surface area (Å²) in [6, 6.07) is 9.25. The first-order chi connectivity index (χ1) is 20.1. The number of esters is 1. The van der Waals surface area contributed by atoms with Gasteiger partial charge in [-0.3, -0.25) is 4.79 Å². The van der Waals surface area contributed by atoms with Gasteiger partial charge in [0.25, 0.3) is 5.91 Å². The lowest BCUT2D eigenvalue weighted by atomic mass is 9.97. The number of halogens is 2. The number of anilines is 1. The van der Waals surface area contributed by atoms with Crippen LogP contribution in [0, 0.1) is 25.5 Å². The number of nitrogens with zero attached hydrogens (tertiary/aromatic N) is 5. The molecular weight excluding hydrogens is 552 g/mol. The van der Waals surface area contributed by atoms with Crippen LogP contribution in [-0.2, 0) is 10.3 Å². The zero-order valence-electron chi connectivity index (χ0n) is 25.9. The average Bonchev–Trinajstić information content (AvgIpc) is 3.32. The molecule has 0 unspecified atom stereocenters. The second kappa shape index (κ2) is 10.7. The van der Waals surface area contributed by atoms with Gasteiger partial charge in [-0.25, -0.2) is 23.5 Å². The number of hydrogen-bond donors (Lipinski definition) is 0. The predicted molar refractivity (Wildman–Crippen MR) is 162 cm³/mol. The first-order valence-corrected chi connectivity index (χ1v) is 14.2. The minimum atomic E-state index is -0.921. The van der Waals surface area contributed by atoms with Gasteiger partial charge in [-0.15, -0.1) is 0 Å². The molecule has 4 heterocycles. The number of piperazine rings is 1. The third-order valence-electron chi connectivity index (χ3n) is 8.07. The van der Waals surface area contributed by atoms with E-state index in [1.807, 2.05) is 69.3 Å². The van der Waals surface area contributed by atoms with Gasteiger partial charge in [0.05, 0.1) is 23.9 Å². The highest BCUT2D eigenvalue weighted by atomic mass is 19.2. The summed E-state index contributed by atoms with van der Waals surface area (Å²) in [6.45, 7) is 15.3. The fraction of sp³-hybridized carbons (Fsp3) is 0.394. The molecule has 0 atom stereocenters. The molecule has 1 aliphatic heterocycles. The number of carbonyl (C=O) groups is 2. The molecule has 1 fully saturated rings. The van der Waals surface area contributed by atoms with E-state index in [4.69, 9.17) is 9.72 Å². The monoisotopic (exact) mass is 589 g/mol. The minimum Gasteiger partial charge on any atom is -0.465 e. The van der Waals surface area contributed by atoms with Crippen molar-refractivity contribution < 1.29 is 23.1 Å². The Labute approximate surface area is 250 Å². The van der Waals surface area contributed by atoms with Crippen molar-refractivity contribution in [3.05, 3.63) is 76.7 Å². The van der Waals surface area contributed by atoms with E-state index in [-0.39, 0.29) is 11.4 Å². The Morgan fingerprint density at radius 3 is 2.30 bits per heavy atom. The highest BCUT2D eigenvalue weighted by molar-refractivity contribution is 5.99. The van der Waals surface area contributed by atoms with Crippen LogP contribution in [0.25, 0.3) is 22.2 Å². The molecule has 4 aromatic rings. The number of carbonyl (C=O) groups excluding carboxylic acids is 2. The normalized spacial score (nSPS) is 15.2. The first kappa shape index (κ1) is 30.1. The third-order valence-corrected chi connectivity index (χ3v) is 8.07. The number of aromatic nitrogens is 3. The number of benzene rings is 1. The SMILES string of the molecule is COC(=O)c1c(C)cc(N2CCN(C(=O)c3ccc4c(-c5ccc(F)c(F)c5)cn(C(C)(C)C)c4n3)C(C)(C)C2)nc1C. The van der Waals surface area contributed by atoms with Crippen LogP contribution in [0.5, 0.6) is 0 Å². The van der Waals surface area contributed by atoms with Crippen molar-refractivity contribution in [1.82, 2.24) is 19.4 Å². The number of amides is 1. The number of pyridine rings is 2. The van der Waals surface area contributed by atoms with E-state index in [1.54, 1.807) is 19.1 Å². The molecule has 0 spiro atoms. The topological polar surface area (TPSA) is 80.6 Å². The van der Waals surface area contributed by atoms with Gasteiger partial charge in [0.2, 0.25) is 0 Å². The highest BCUT2D eigenvalue weighted by Crippen LogP contribution is 2.35. The van der Waals surface area contributed by atoms with E-state index in [0.717, 1.165) is 22.8 Å². The standard InChI is InChI=1S/C33H37F2N5O3/c1-19-15-27(36-20(2)28(19)31(42)43-8)38-13-14-39(33(6,7)18-38)30(41)26-12-10-22-23(21-9-11-24(34)25(35)16-21)17-40(29(22)37-26)32(3,4)5/h9-12,15-17H,13-14,18H2,1-8H3. The van der Waals surface area contributed by atoms with Gasteiger partial charge >= 0.3 is 5.97 Å². The molecule has 10 heteroatoms. The number of rotatable bonds is 4. The van der Waals surface area contributed by atoms with Gasteiger partial charge in [0.1, 0.15) is 17.2 Å². The van der Waals surface area contributed by atoms with Gasteiger partial charge in [-0.05, 0) is 89.9 Å². The zero-order chi connectivity index (χ0) is 31.4. The molecule has 0 aliphatic carbocycles. The van der Waals surface area contributed by atoms with E-state index in [9.17, 15) is 18.4 Å². The molecule has 1 amide bonds. The van der Waals surface area contributed by atoms with Crippen molar-refractivity contribution in [2.45, 2.75) is 59.5 Å². The molecule has 226 valence electrons. The molecule has 0 saturated carbocycles. The number of fused-ring (bicyclic) bond motifs is 1. The smallest absolute Gasteiger partial charge is 0.339 e. The molecule has 1 saturated heterocycles. The zero-order valence-corrected chi connectivity index (χ0v) is 25.9. The predicted octanol–water partition coefficient (Wildman–Crippen LogP) is 6.28. The van der Waals surface area contributed by atoms with Gasteiger partial charge in [0.15, 0.2) is 11.6 Å². The van der Waals surface area contributed by atoms with E-state index in [0.29, 0.717) is 53.4 Å². The lowest BCUT2D eigenvalue weighted by Gasteiger charge is -2.47. The summed E-state index contributed by atoms with van der Waals surface area (Å²) in [7, 11) is 1.35. The Hall–Kier alpha value is -4.34. The number of methoxy groups -OCH3 is 1. The van der Waals surface area contributed by atoms with E-state index >= 15 is 0 Å². The summed E-state index contributed by atoms with van der Waals surface area (Å²) >= 11 is 0. The van der Waals surface area contributed by atoms with Crippen LogP contribution >= 0.6 is 0 Å². The van der Waals surface area contributed by atoms with Gasteiger partial charge in [-0.1, -0.05) is 6.07 Å². The Morgan fingerprint density at radius 2 is 1.70 bits per heavy atom. The summed E-state index contributed by atoms with van der Waals surface area (Å²) in [5, 5.41) is 0.744. The van der Waals surface area contributed by atoms with Crippen molar-refractivity contribution in [3.8, 4) is 11.1 Å². The van der Waals surface area contributed by atoms with Crippen molar-refractivity contribution >= 4 is 28.7 Å². The van der Waals surface area contributed by atoms with E-state index < -0.39 is 23.1 Å². The second-order valence-corrected chi connectivity index (χ2v) is 12.7. The summed E-state index contributed by atoms with van der Waals surface area (Å²) in [4.78, 5) is 39.6. The van der Waals surface area contributed by atoms with Crippen molar-refractivity contribution in [2.75, 3.05) is 31.6 Å². The van der Waals surface area contributed by atoms with Crippen LogP contribution in [0.4, 0.5) is 14.6 Å². The van der Waals surface area contributed by atoms with E-state index in [2.05, 4.69) is 9.88 Å². The molecule has 43 heavy (non-hydrogen) atoms. The number of hydrogen-bond acceptors (Lipinski definition) is 6. The molecule has 1 aromatic carbocycles. The summed E-state index contributed by atoms with van der Waals surface area (Å²) < 4.78 is 34.7. The molecule has 0 radical (unpaired) electrons. The fourth-order valence-corrected chi connectivity index (χ4v) is 5.88. The fourth-order valence-electron chi connectivity index (χ4n) is 5.88. The van der Waals surface area contributed by atoms with Crippen molar-refractivity contribution in [3.63, 3.8) is 0 Å². The largest absolute Gasteiger partial charge is 0.465 e. The molecule has 0 bridgehead atoms. The van der Waals surface area contributed by atoms with Crippen LogP contribution < -0.4 is 4.90 Å². The summed E-state index contributed by atoms with van der Waals surface area (Å²) in [5.74, 6) is -1.69. The Bertz CT molecular complexity index is 1730. The maximum absolute atomic E-state index is 14.1. The van der Waals surface area contributed by atoms with Gasteiger partial charge in [-0.2, -0.15) is 0 Å². The highest BCUT2D eigenvalue weighted by Gasteiger charge is 2.38. The van der Waals surface area contributed by atoms with Crippen molar-refractivity contribution in [2.24, 2.45) is 0 Å². The molecular formula is C33H37F2N5O3. The van der Waals surface area contributed by atoms with Crippen LogP contribution in [0.1, 0.15) is 66.7 Å².